The lowest BCUT2D eigenvalue weighted by Gasteiger charge is -2.17. The quantitative estimate of drug-likeness (QED) is 0.302. The molecule has 0 fully saturated rings. The molecule has 0 saturated heterocycles. The summed E-state index contributed by atoms with van der Waals surface area (Å²) in [5.74, 6) is -0.843. The number of hydrogen-bond donors (Lipinski definition) is 1. The molecule has 184 valence electrons. The molecule has 0 radical (unpaired) electrons. The Balaban J connectivity index is 2.69. The van der Waals surface area contributed by atoms with Crippen molar-refractivity contribution in [2.45, 2.75) is 39.3 Å². The number of benzene rings is 1. The van der Waals surface area contributed by atoms with Gasteiger partial charge in [0.15, 0.2) is 11.5 Å². The van der Waals surface area contributed by atoms with Crippen LogP contribution in [-0.2, 0) is 34.9 Å². The Morgan fingerprint density at radius 1 is 0.848 bits per heavy atom. The number of ether oxygens (including phenoxy) is 7. The molecule has 0 aromatic heterocycles. The molecule has 2 N–H and O–H groups in total. The van der Waals surface area contributed by atoms with E-state index in [4.69, 9.17) is 29.4 Å². The van der Waals surface area contributed by atoms with E-state index in [1.807, 2.05) is 13.8 Å². The zero-order valence-corrected chi connectivity index (χ0v) is 19.2. The predicted octanol–water partition coefficient (Wildman–Crippen LogP) is 2.59. The largest absolute Gasteiger partial charge is 0.513 e. The molecule has 0 unspecified atom stereocenters. The first-order valence-electron chi connectivity index (χ1n) is 9.95. The van der Waals surface area contributed by atoms with E-state index >= 15 is 0 Å². The summed E-state index contributed by atoms with van der Waals surface area (Å²) < 4.78 is 33.6. The van der Waals surface area contributed by atoms with Gasteiger partial charge in [0.2, 0.25) is 0 Å². The normalized spacial score (nSPS) is 12.2. The van der Waals surface area contributed by atoms with Gasteiger partial charge in [-0.2, -0.15) is 0 Å². The van der Waals surface area contributed by atoms with Crippen molar-refractivity contribution in [3.63, 3.8) is 0 Å². The lowest BCUT2D eigenvalue weighted by atomic mass is 10.1. The Hall–Kier alpha value is -3.54. The average molecular weight is 471 g/mol. The van der Waals surface area contributed by atoms with Gasteiger partial charge in [-0.15, -0.1) is 0 Å². The standard InChI is InChI=1S/C21H29NO11/c1-12(2)10-30-21(26)31-13(3)11-29-18(23)15(22)8-14-6-7-16(32-19(24)27-4)17(9-14)33-20(25)28-5/h6-7,9,12-13,15H,8,10-11,22H2,1-5H3/t13-,15-/m0/s1. The SMILES string of the molecule is COC(=O)Oc1ccc(C[C@H](N)C(=O)OC[C@H](C)OC(=O)OCC(C)C)cc1OC(=O)OC. The van der Waals surface area contributed by atoms with E-state index in [0.717, 1.165) is 14.2 Å². The number of esters is 1. The van der Waals surface area contributed by atoms with Gasteiger partial charge in [-0.25, -0.2) is 14.4 Å². The van der Waals surface area contributed by atoms with E-state index in [0.29, 0.717) is 5.56 Å². The Kier molecular flexibility index (Phi) is 11.5. The third-order valence-electron chi connectivity index (χ3n) is 3.78. The smallest absolute Gasteiger partial charge is 0.461 e. The van der Waals surface area contributed by atoms with Crippen LogP contribution in [0.25, 0.3) is 0 Å². The van der Waals surface area contributed by atoms with E-state index in [1.165, 1.54) is 25.1 Å². The summed E-state index contributed by atoms with van der Waals surface area (Å²) in [6.45, 7) is 5.29. The Bertz CT molecular complexity index is 824. The summed E-state index contributed by atoms with van der Waals surface area (Å²) in [5, 5.41) is 0. The van der Waals surface area contributed by atoms with E-state index in [1.54, 1.807) is 0 Å². The summed E-state index contributed by atoms with van der Waals surface area (Å²) in [5.41, 5.74) is 6.36. The van der Waals surface area contributed by atoms with Gasteiger partial charge in [0.25, 0.3) is 0 Å². The van der Waals surface area contributed by atoms with Gasteiger partial charge in [-0.05, 0) is 37.0 Å². The minimum atomic E-state index is -1.08. The fourth-order valence-electron chi connectivity index (χ4n) is 2.22. The van der Waals surface area contributed by atoms with Gasteiger partial charge in [0, 0.05) is 0 Å². The van der Waals surface area contributed by atoms with E-state index in [2.05, 4.69) is 9.47 Å². The lowest BCUT2D eigenvalue weighted by molar-refractivity contribution is -0.148. The molecular formula is C21H29NO11. The van der Waals surface area contributed by atoms with Crippen LogP contribution in [0.2, 0.25) is 0 Å². The molecule has 0 bridgehead atoms. The van der Waals surface area contributed by atoms with Crippen LogP contribution >= 0.6 is 0 Å². The number of hydrogen-bond acceptors (Lipinski definition) is 12. The molecule has 0 amide bonds. The van der Waals surface area contributed by atoms with E-state index in [9.17, 15) is 19.2 Å². The average Bonchev–Trinajstić information content (AvgIpc) is 2.77. The van der Waals surface area contributed by atoms with Gasteiger partial charge >= 0.3 is 24.4 Å². The van der Waals surface area contributed by atoms with Crippen molar-refractivity contribution >= 4 is 24.4 Å². The fraction of sp³-hybridized carbons (Fsp3) is 0.524. The molecule has 0 aliphatic heterocycles. The molecule has 12 nitrogen and oxygen atoms in total. The van der Waals surface area contributed by atoms with Crippen molar-refractivity contribution < 1.29 is 52.3 Å². The van der Waals surface area contributed by atoms with Crippen LogP contribution in [0.1, 0.15) is 26.3 Å². The molecule has 1 rings (SSSR count). The summed E-state index contributed by atoms with van der Waals surface area (Å²) in [4.78, 5) is 46.6. The van der Waals surface area contributed by atoms with Crippen LogP contribution in [0.4, 0.5) is 14.4 Å². The molecular weight excluding hydrogens is 442 g/mol. The summed E-state index contributed by atoms with van der Waals surface area (Å²) in [7, 11) is 2.22. The van der Waals surface area contributed by atoms with Crippen molar-refractivity contribution in [3.8, 4) is 11.5 Å². The Morgan fingerprint density at radius 3 is 2.03 bits per heavy atom. The molecule has 12 heteroatoms. The first kappa shape index (κ1) is 27.5. The second-order valence-corrected chi connectivity index (χ2v) is 7.22. The summed E-state index contributed by atoms with van der Waals surface area (Å²) in [6, 6.07) is 3.11. The van der Waals surface area contributed by atoms with E-state index < -0.39 is 36.6 Å². The second-order valence-electron chi connectivity index (χ2n) is 7.22. The summed E-state index contributed by atoms with van der Waals surface area (Å²) in [6.07, 6.45) is -3.67. The monoisotopic (exact) mass is 471 g/mol. The first-order chi connectivity index (χ1) is 15.5. The fourth-order valence-corrected chi connectivity index (χ4v) is 2.22. The molecule has 1 aromatic carbocycles. The molecule has 0 saturated carbocycles. The topological polar surface area (TPSA) is 159 Å². The van der Waals surface area contributed by atoms with Crippen molar-refractivity contribution in [1.82, 2.24) is 0 Å². The Morgan fingerprint density at radius 2 is 1.45 bits per heavy atom. The van der Waals surface area contributed by atoms with Crippen LogP contribution in [0.15, 0.2) is 18.2 Å². The summed E-state index contributed by atoms with van der Waals surface area (Å²) >= 11 is 0. The number of rotatable bonds is 10. The zero-order valence-electron chi connectivity index (χ0n) is 19.2. The third kappa shape index (κ3) is 10.5. The van der Waals surface area contributed by atoms with Crippen molar-refractivity contribution in [2.24, 2.45) is 11.7 Å². The molecule has 1 aromatic rings. The maximum atomic E-state index is 12.2. The van der Waals surface area contributed by atoms with Crippen LogP contribution < -0.4 is 15.2 Å². The highest BCUT2D eigenvalue weighted by molar-refractivity contribution is 5.76. The molecule has 2 atom stereocenters. The first-order valence-corrected chi connectivity index (χ1v) is 9.95. The molecule has 0 heterocycles. The van der Waals surface area contributed by atoms with Crippen molar-refractivity contribution in [3.05, 3.63) is 23.8 Å². The van der Waals surface area contributed by atoms with Gasteiger partial charge in [0.1, 0.15) is 18.8 Å². The van der Waals surface area contributed by atoms with Crippen molar-refractivity contribution in [2.75, 3.05) is 27.4 Å². The number of carbonyl (C=O) groups excluding carboxylic acids is 4. The maximum absolute atomic E-state index is 12.2. The van der Waals surface area contributed by atoms with Gasteiger partial charge in [-0.3, -0.25) is 4.79 Å². The molecule has 0 aliphatic carbocycles. The zero-order chi connectivity index (χ0) is 25.0. The molecule has 0 spiro atoms. The number of methoxy groups -OCH3 is 2. The predicted molar refractivity (Wildman–Crippen MR) is 112 cm³/mol. The van der Waals surface area contributed by atoms with Gasteiger partial charge in [0.05, 0.1) is 20.8 Å². The lowest BCUT2D eigenvalue weighted by Crippen LogP contribution is -2.36. The molecule has 0 aliphatic rings. The molecule has 33 heavy (non-hydrogen) atoms. The highest BCUT2D eigenvalue weighted by atomic mass is 16.7. The van der Waals surface area contributed by atoms with Gasteiger partial charge in [-0.1, -0.05) is 19.9 Å². The Labute approximate surface area is 191 Å². The number of carbonyl (C=O) groups is 4. The maximum Gasteiger partial charge on any atom is 0.513 e. The van der Waals surface area contributed by atoms with Crippen molar-refractivity contribution in [1.29, 1.82) is 0 Å². The van der Waals surface area contributed by atoms with Crippen LogP contribution in [-0.4, -0.2) is 64.0 Å². The van der Waals surface area contributed by atoms with Crippen LogP contribution in [0.3, 0.4) is 0 Å². The minimum Gasteiger partial charge on any atom is -0.461 e. The van der Waals surface area contributed by atoms with Crippen LogP contribution in [0, 0.1) is 5.92 Å². The minimum absolute atomic E-state index is 0.000534. The van der Waals surface area contributed by atoms with E-state index in [-0.39, 0.29) is 37.1 Å². The van der Waals surface area contributed by atoms with Crippen LogP contribution in [0.5, 0.6) is 11.5 Å². The van der Waals surface area contributed by atoms with Gasteiger partial charge < -0.3 is 38.9 Å². The highest BCUT2D eigenvalue weighted by Gasteiger charge is 2.21. The number of nitrogens with two attached hydrogens (primary N) is 1. The third-order valence-corrected chi connectivity index (χ3v) is 3.78. The second kappa shape index (κ2) is 13.8. The highest BCUT2D eigenvalue weighted by Crippen LogP contribution is 2.29.